The molecule has 0 saturated heterocycles. The standard InChI is InChI=1S/3C45H26N4/c1-2-14-29(15-3-1)47-37-19-9-6-16-30(37)34-25-42(46-26-41(34)47)49-40-23-28-13-5-4-12-27(28)22-33(40)36-24-35-31-17-7-10-20-38(31)48-39-21-11-8-18-32(39)43(44(35)48)45(36)49;1-2-13-29(14-3-1)48-40-21-20-30(25-35(40)32-17-10-22-46-45(32)48)47-41-24-28-12-5-4-11-27(28)23-34(41)37-26-36-31-15-6-8-18-38(31)49-39-19-9-7-16-33(39)42(43(37)47)44(36)49;1-2-12-29(13-3-1)47-40-19-18-30(24-35(40)32-20-21-46-26-42(32)47)48-41-23-28-11-5-4-10-27(28)22-34(41)37-25-36-31-14-6-8-16-38(31)49-39-17-9-7-15-33(39)43(44(37)48)45(36)49/h3*1-26H. The number of nitrogens with zero attached hydrogens (tertiary/aromatic N) is 12. The maximum absolute atomic E-state index is 5.32. The SMILES string of the molecule is c1ccc(-n2c3ccc(-n4c5cc6ccccc6cc5c5cc6c7ccccc7n7c8ccccc8c(c54)c67)cc3c3cccnc32)cc1.c1ccc(-n2c3ccc(-n4c5cc6ccccc6cc5c5cc6c7ccccc7n7c8ccccc8c(c54)c67)cc3c3ccncc32)cc1.c1ccc(-n2c3ccccc3c3cc(-n4c5cc6ccccc6cc5c5cc6c7ccccc7n7c8ccccc8c(c54)c67)ncc32)cc1. The maximum atomic E-state index is 5.32. The highest BCUT2D eigenvalue weighted by molar-refractivity contribution is 6.39. The van der Waals surface area contributed by atoms with Gasteiger partial charge in [0.15, 0.2) is 0 Å². The first kappa shape index (κ1) is 78.8. The molecular formula is C135H78N12. The van der Waals surface area contributed by atoms with Crippen LogP contribution in [0.5, 0.6) is 0 Å². The zero-order valence-corrected chi connectivity index (χ0v) is 78.9. The van der Waals surface area contributed by atoms with E-state index in [1.54, 1.807) is 0 Å². The second-order valence-corrected chi connectivity index (χ2v) is 39.7. The first-order valence-corrected chi connectivity index (χ1v) is 50.4. The van der Waals surface area contributed by atoms with Crippen molar-refractivity contribution in [3.63, 3.8) is 0 Å². The number of para-hydroxylation sites is 10. The van der Waals surface area contributed by atoms with E-state index in [-0.39, 0.29) is 0 Å². The van der Waals surface area contributed by atoms with Gasteiger partial charge in [-0.1, -0.05) is 255 Å². The monoisotopic (exact) mass is 1870 g/mol. The molecule has 0 spiro atoms. The van der Waals surface area contributed by atoms with Crippen LogP contribution in [-0.4, -0.2) is 55.6 Å². The molecule has 36 rings (SSSR count). The van der Waals surface area contributed by atoms with Crippen molar-refractivity contribution in [3.05, 3.63) is 474 Å². The van der Waals surface area contributed by atoms with E-state index < -0.39 is 0 Å². The summed E-state index contributed by atoms with van der Waals surface area (Å²) in [5.41, 5.74) is 30.9. The summed E-state index contributed by atoms with van der Waals surface area (Å²) in [6.07, 6.45) is 7.85. The lowest BCUT2D eigenvalue weighted by Gasteiger charge is -2.11. The molecule has 0 amide bonds. The third-order valence-electron chi connectivity index (χ3n) is 32.3. The molecule has 36 aromatic rings. The Morgan fingerprint density at radius 2 is 0.442 bits per heavy atom. The van der Waals surface area contributed by atoms with E-state index in [1.807, 2.05) is 24.7 Å². The van der Waals surface area contributed by atoms with Crippen molar-refractivity contribution in [1.82, 2.24) is 55.6 Å². The third kappa shape index (κ3) is 10.6. The molecule has 0 N–H and O–H groups in total. The molecule has 0 aliphatic heterocycles. The molecular weight excluding hydrogens is 1790 g/mol. The molecule has 12 heteroatoms. The van der Waals surface area contributed by atoms with Gasteiger partial charge in [-0.15, -0.1) is 0 Å². The summed E-state index contributed by atoms with van der Waals surface area (Å²) in [4.78, 5) is 14.8. The predicted molar refractivity (Wildman–Crippen MR) is 615 cm³/mol. The van der Waals surface area contributed by atoms with Crippen LogP contribution in [-0.2, 0) is 0 Å². The summed E-state index contributed by atoms with van der Waals surface area (Å²) in [5, 5.41) is 37.6. The number of pyridine rings is 3. The van der Waals surface area contributed by atoms with E-state index in [2.05, 4.69) is 495 Å². The molecule has 0 fully saturated rings. The first-order valence-electron chi connectivity index (χ1n) is 50.4. The fourth-order valence-electron chi connectivity index (χ4n) is 26.3. The molecule has 0 unspecified atom stereocenters. The van der Waals surface area contributed by atoms with Gasteiger partial charge in [-0.05, 0) is 226 Å². The predicted octanol–water partition coefficient (Wildman–Crippen LogP) is 34.7. The van der Waals surface area contributed by atoms with Gasteiger partial charge in [-0.2, -0.15) is 0 Å². The van der Waals surface area contributed by atoms with Crippen LogP contribution < -0.4 is 0 Å². The van der Waals surface area contributed by atoms with E-state index in [0.29, 0.717) is 0 Å². The van der Waals surface area contributed by atoms with Gasteiger partial charge < -0.3 is 31.5 Å². The lowest BCUT2D eigenvalue weighted by molar-refractivity contribution is 1.08. The number of hydrogen-bond acceptors (Lipinski definition) is 3. The molecule has 0 aliphatic carbocycles. The largest absolute Gasteiger partial charge is 0.308 e. The normalized spacial score (nSPS) is 12.5. The van der Waals surface area contributed by atoms with Gasteiger partial charge in [-0.3, -0.25) is 14.1 Å². The Labute approximate surface area is 835 Å². The van der Waals surface area contributed by atoms with E-state index >= 15 is 0 Å². The van der Waals surface area contributed by atoms with E-state index in [9.17, 15) is 0 Å². The Hall–Kier alpha value is -20.0. The lowest BCUT2D eigenvalue weighted by Crippen LogP contribution is -1.99. The van der Waals surface area contributed by atoms with Gasteiger partial charge in [0.05, 0.1) is 123 Å². The minimum atomic E-state index is 0.918. The van der Waals surface area contributed by atoms with Gasteiger partial charge >= 0.3 is 0 Å². The smallest absolute Gasteiger partial charge is 0.145 e. The molecule has 678 valence electrons. The van der Waals surface area contributed by atoms with Crippen LogP contribution in [0.2, 0.25) is 0 Å². The zero-order chi connectivity index (χ0) is 95.4. The van der Waals surface area contributed by atoms with E-state index in [1.165, 1.54) is 244 Å². The molecule has 0 aliphatic rings. The fraction of sp³-hybridized carbons (Fsp3) is 0. The molecule has 0 bridgehead atoms. The van der Waals surface area contributed by atoms with Crippen LogP contribution in [0.1, 0.15) is 0 Å². The number of benzene rings is 21. The summed E-state index contributed by atoms with van der Waals surface area (Å²) in [6.45, 7) is 0. The molecule has 0 radical (unpaired) electrons. The van der Waals surface area contributed by atoms with Crippen molar-refractivity contribution in [1.29, 1.82) is 0 Å². The molecule has 147 heavy (non-hydrogen) atoms. The Morgan fingerprint density at radius 3 is 0.878 bits per heavy atom. The van der Waals surface area contributed by atoms with E-state index in [4.69, 9.17) is 9.97 Å². The second kappa shape index (κ2) is 29.4. The number of fused-ring (bicyclic) bond motifs is 42. The van der Waals surface area contributed by atoms with E-state index in [0.717, 1.165) is 67.4 Å². The highest BCUT2D eigenvalue weighted by Gasteiger charge is 2.32. The molecule has 15 aromatic heterocycles. The topological polar surface area (TPSA) is 81.5 Å². The minimum absolute atomic E-state index is 0.918. The van der Waals surface area contributed by atoms with Crippen LogP contribution in [0.15, 0.2) is 474 Å². The van der Waals surface area contributed by atoms with Crippen LogP contribution >= 0.6 is 0 Å². The zero-order valence-electron chi connectivity index (χ0n) is 78.9. The Bertz CT molecular complexity index is 11000. The molecule has 0 saturated carbocycles. The molecule has 15 heterocycles. The summed E-state index contributed by atoms with van der Waals surface area (Å²) in [5.74, 6) is 0.918. The fourth-order valence-corrected chi connectivity index (χ4v) is 26.3. The number of aromatic nitrogens is 12. The molecule has 0 atom stereocenters. The maximum Gasteiger partial charge on any atom is 0.145 e. The Morgan fingerprint density at radius 1 is 0.143 bits per heavy atom. The first-order chi connectivity index (χ1) is 73.0. The van der Waals surface area contributed by atoms with Gasteiger partial charge in [-0.25, -0.2) is 9.97 Å². The third-order valence-corrected chi connectivity index (χ3v) is 32.3. The minimum Gasteiger partial charge on any atom is -0.308 e. The average molecular weight is 1870 g/mol. The van der Waals surface area contributed by atoms with Gasteiger partial charge in [0.1, 0.15) is 11.5 Å². The molecule has 12 nitrogen and oxygen atoms in total. The van der Waals surface area contributed by atoms with Crippen molar-refractivity contribution < 1.29 is 0 Å². The highest BCUT2D eigenvalue weighted by Crippen LogP contribution is 2.54. The van der Waals surface area contributed by atoms with Crippen LogP contribution in [0.3, 0.4) is 0 Å². The summed E-state index contributed by atoms with van der Waals surface area (Å²) in [6, 6.07) is 164. The summed E-state index contributed by atoms with van der Waals surface area (Å²) >= 11 is 0. The lowest BCUT2D eigenvalue weighted by atomic mass is 10.0. The number of hydrogen-bond donors (Lipinski definition) is 0. The average Bonchev–Trinajstić information content (AvgIpc) is 1.52. The quantitative estimate of drug-likeness (QED) is 0.166. The van der Waals surface area contributed by atoms with Crippen molar-refractivity contribution in [2.75, 3.05) is 0 Å². The van der Waals surface area contributed by atoms with Gasteiger partial charge in [0, 0.05) is 170 Å². The van der Waals surface area contributed by atoms with Gasteiger partial charge in [0.25, 0.3) is 0 Å². The highest BCUT2D eigenvalue weighted by atomic mass is 15.1. The van der Waals surface area contributed by atoms with Crippen molar-refractivity contribution in [3.8, 4) is 34.3 Å². The van der Waals surface area contributed by atoms with Crippen molar-refractivity contribution >= 4 is 278 Å². The molecule has 21 aromatic carbocycles. The van der Waals surface area contributed by atoms with Crippen LogP contribution in [0, 0.1) is 0 Å². The Balaban J connectivity index is 0.0000000945. The number of rotatable bonds is 6. The van der Waals surface area contributed by atoms with Crippen molar-refractivity contribution in [2.45, 2.75) is 0 Å². The van der Waals surface area contributed by atoms with Crippen LogP contribution in [0.25, 0.3) is 312 Å². The second-order valence-electron chi connectivity index (χ2n) is 39.7. The van der Waals surface area contributed by atoms with Crippen LogP contribution in [0.4, 0.5) is 0 Å². The summed E-state index contributed by atoms with van der Waals surface area (Å²) in [7, 11) is 0. The summed E-state index contributed by atoms with van der Waals surface area (Å²) < 4.78 is 21.9. The Kier molecular flexibility index (Phi) is 15.7. The van der Waals surface area contributed by atoms with Crippen molar-refractivity contribution in [2.24, 2.45) is 0 Å². The van der Waals surface area contributed by atoms with Gasteiger partial charge in [0.2, 0.25) is 0 Å².